The van der Waals surface area contributed by atoms with E-state index in [1.165, 1.54) is 16.6 Å². The molecule has 1 amide bonds. The predicted molar refractivity (Wildman–Crippen MR) is 101 cm³/mol. The quantitative estimate of drug-likeness (QED) is 0.326. The second-order valence-electron chi connectivity index (χ2n) is 5.72. The first-order valence-electron chi connectivity index (χ1n) is 8.42. The summed E-state index contributed by atoms with van der Waals surface area (Å²) in [4.78, 5) is 19.2. The Labute approximate surface area is 148 Å². The molecule has 0 aliphatic heterocycles. The molecule has 4 N–H and O–H groups in total. The number of rotatable bonds is 8. The van der Waals surface area contributed by atoms with Gasteiger partial charge in [0.15, 0.2) is 5.96 Å². The third kappa shape index (κ3) is 5.49. The maximum Gasteiger partial charge on any atom is 0.239 e. The van der Waals surface area contributed by atoms with E-state index in [1.54, 1.807) is 14.2 Å². The van der Waals surface area contributed by atoms with E-state index in [0.717, 1.165) is 18.5 Å². The van der Waals surface area contributed by atoms with Crippen molar-refractivity contribution in [3.8, 4) is 0 Å². The van der Waals surface area contributed by atoms with Gasteiger partial charge in [0.2, 0.25) is 5.91 Å². The largest absolute Gasteiger partial charge is 0.383 e. The van der Waals surface area contributed by atoms with E-state index in [0.29, 0.717) is 19.1 Å². The zero-order chi connectivity index (χ0) is 18.1. The first-order valence-corrected chi connectivity index (χ1v) is 8.42. The van der Waals surface area contributed by atoms with Crippen LogP contribution in [0.1, 0.15) is 11.3 Å². The molecule has 0 saturated heterocycles. The molecule has 7 heteroatoms. The second-order valence-corrected chi connectivity index (χ2v) is 5.72. The van der Waals surface area contributed by atoms with Crippen molar-refractivity contribution in [2.45, 2.75) is 13.3 Å². The minimum Gasteiger partial charge on any atom is -0.383 e. The number of carbonyl (C=O) groups is 1. The number of hydrogen-bond acceptors (Lipinski definition) is 3. The van der Waals surface area contributed by atoms with Crippen LogP contribution in [0.4, 0.5) is 0 Å². The van der Waals surface area contributed by atoms with Gasteiger partial charge in [-0.3, -0.25) is 9.79 Å². The maximum atomic E-state index is 11.7. The van der Waals surface area contributed by atoms with E-state index in [2.05, 4.69) is 51.0 Å². The highest BCUT2D eigenvalue weighted by atomic mass is 16.5. The van der Waals surface area contributed by atoms with E-state index in [9.17, 15) is 4.79 Å². The molecule has 0 saturated carbocycles. The molecule has 0 spiro atoms. The summed E-state index contributed by atoms with van der Waals surface area (Å²) in [7, 11) is 3.29. The van der Waals surface area contributed by atoms with Gasteiger partial charge in [-0.05, 0) is 25.0 Å². The molecule has 0 aliphatic rings. The minimum absolute atomic E-state index is 0.0903. The van der Waals surface area contributed by atoms with Gasteiger partial charge in [0, 0.05) is 43.8 Å². The molecule has 0 bridgehead atoms. The molecule has 2 rings (SSSR count). The standard InChI is InChI=1S/C18H27N5O2/c1-13-14(15-6-4-5-7-16(15)23-13)8-9-21-18(19-2)22-12-17(24)20-10-11-25-3/h4-7,23H,8-12H2,1-3H3,(H,20,24)(H2,19,21,22). The topological polar surface area (TPSA) is 90.5 Å². The molecule has 0 atom stereocenters. The summed E-state index contributed by atoms with van der Waals surface area (Å²) in [5.74, 6) is 0.520. The fourth-order valence-electron chi connectivity index (χ4n) is 2.70. The van der Waals surface area contributed by atoms with Crippen LogP contribution < -0.4 is 16.0 Å². The van der Waals surface area contributed by atoms with Gasteiger partial charge >= 0.3 is 0 Å². The average molecular weight is 345 g/mol. The Morgan fingerprint density at radius 3 is 2.76 bits per heavy atom. The van der Waals surface area contributed by atoms with Crippen LogP contribution in [-0.4, -0.2) is 57.2 Å². The first kappa shape index (κ1) is 18.8. The Morgan fingerprint density at radius 2 is 2.00 bits per heavy atom. The number of nitrogens with one attached hydrogen (secondary N) is 4. The lowest BCUT2D eigenvalue weighted by atomic mass is 10.1. The molecule has 136 valence electrons. The first-order chi connectivity index (χ1) is 12.2. The number of carbonyl (C=O) groups excluding carboxylic acids is 1. The number of nitrogens with zero attached hydrogens (tertiary/aromatic N) is 1. The van der Waals surface area contributed by atoms with Crippen LogP contribution in [0.15, 0.2) is 29.3 Å². The fourth-order valence-corrected chi connectivity index (χ4v) is 2.70. The van der Waals surface area contributed by atoms with Crippen LogP contribution in [0, 0.1) is 6.92 Å². The number of aryl methyl sites for hydroxylation is 1. The highest BCUT2D eigenvalue weighted by molar-refractivity contribution is 5.87. The van der Waals surface area contributed by atoms with E-state index in [1.807, 2.05) is 6.07 Å². The van der Waals surface area contributed by atoms with Gasteiger partial charge in [-0.25, -0.2) is 0 Å². The zero-order valence-electron chi connectivity index (χ0n) is 15.1. The normalized spacial score (nSPS) is 11.6. The van der Waals surface area contributed by atoms with Crippen molar-refractivity contribution in [3.05, 3.63) is 35.5 Å². The van der Waals surface area contributed by atoms with Crippen molar-refractivity contribution in [3.63, 3.8) is 0 Å². The predicted octanol–water partition coefficient (Wildman–Crippen LogP) is 0.946. The van der Waals surface area contributed by atoms with Crippen LogP contribution in [0.2, 0.25) is 0 Å². The number of aromatic nitrogens is 1. The van der Waals surface area contributed by atoms with Gasteiger partial charge in [0.1, 0.15) is 0 Å². The Balaban J connectivity index is 1.79. The van der Waals surface area contributed by atoms with Crippen LogP contribution >= 0.6 is 0 Å². The molecule has 0 radical (unpaired) electrons. The SMILES string of the molecule is CN=C(NCCc1c(C)[nH]c2ccccc12)NCC(=O)NCCOC. The number of ether oxygens (including phenoxy) is 1. The highest BCUT2D eigenvalue weighted by Gasteiger charge is 2.08. The Kier molecular flexibility index (Phi) is 7.28. The summed E-state index contributed by atoms with van der Waals surface area (Å²) in [5, 5.41) is 10.3. The molecule has 1 aromatic carbocycles. The van der Waals surface area contributed by atoms with Crippen molar-refractivity contribution < 1.29 is 9.53 Å². The summed E-state index contributed by atoms with van der Waals surface area (Å²) in [6.45, 7) is 4.00. The van der Waals surface area contributed by atoms with Crippen molar-refractivity contribution in [1.82, 2.24) is 20.9 Å². The molecule has 1 heterocycles. The number of fused-ring (bicyclic) bond motifs is 1. The number of H-pyrrole nitrogens is 1. The molecular formula is C18H27N5O2. The van der Waals surface area contributed by atoms with Crippen molar-refractivity contribution in [1.29, 1.82) is 0 Å². The monoisotopic (exact) mass is 345 g/mol. The number of benzene rings is 1. The van der Waals surface area contributed by atoms with Gasteiger partial charge in [-0.1, -0.05) is 18.2 Å². The second kappa shape index (κ2) is 9.68. The maximum absolute atomic E-state index is 11.7. The van der Waals surface area contributed by atoms with Gasteiger partial charge in [0.05, 0.1) is 13.2 Å². The third-order valence-electron chi connectivity index (χ3n) is 3.96. The number of aliphatic imine (C=N–C) groups is 1. The Hall–Kier alpha value is -2.54. The summed E-state index contributed by atoms with van der Waals surface area (Å²) in [6, 6.07) is 8.30. The van der Waals surface area contributed by atoms with Gasteiger partial charge in [0.25, 0.3) is 0 Å². The summed E-state index contributed by atoms with van der Waals surface area (Å²) < 4.78 is 4.89. The summed E-state index contributed by atoms with van der Waals surface area (Å²) >= 11 is 0. The lowest BCUT2D eigenvalue weighted by Crippen LogP contribution is -2.44. The van der Waals surface area contributed by atoms with E-state index < -0.39 is 0 Å². The number of methoxy groups -OCH3 is 1. The Morgan fingerprint density at radius 1 is 1.20 bits per heavy atom. The molecule has 7 nitrogen and oxygen atoms in total. The van der Waals surface area contributed by atoms with Gasteiger partial charge < -0.3 is 25.7 Å². The smallest absolute Gasteiger partial charge is 0.239 e. The summed E-state index contributed by atoms with van der Waals surface area (Å²) in [6.07, 6.45) is 0.872. The van der Waals surface area contributed by atoms with Crippen molar-refractivity contribution in [2.24, 2.45) is 4.99 Å². The molecule has 1 aromatic heterocycles. The number of guanidine groups is 1. The van der Waals surface area contributed by atoms with Crippen LogP contribution in [0.5, 0.6) is 0 Å². The van der Waals surface area contributed by atoms with E-state index >= 15 is 0 Å². The number of hydrogen-bond donors (Lipinski definition) is 4. The Bertz CT molecular complexity index is 723. The summed E-state index contributed by atoms with van der Waals surface area (Å²) in [5.41, 5.74) is 3.64. The number of amides is 1. The average Bonchev–Trinajstić information content (AvgIpc) is 2.93. The third-order valence-corrected chi connectivity index (χ3v) is 3.96. The van der Waals surface area contributed by atoms with Crippen LogP contribution in [-0.2, 0) is 16.0 Å². The lowest BCUT2D eigenvalue weighted by Gasteiger charge is -2.12. The van der Waals surface area contributed by atoms with Crippen LogP contribution in [0.3, 0.4) is 0 Å². The number of para-hydroxylation sites is 1. The van der Waals surface area contributed by atoms with Crippen molar-refractivity contribution >= 4 is 22.8 Å². The van der Waals surface area contributed by atoms with Gasteiger partial charge in [-0.2, -0.15) is 0 Å². The molecule has 0 aliphatic carbocycles. The molecular weight excluding hydrogens is 318 g/mol. The zero-order valence-corrected chi connectivity index (χ0v) is 15.1. The highest BCUT2D eigenvalue weighted by Crippen LogP contribution is 2.21. The molecule has 0 fully saturated rings. The number of aromatic amines is 1. The minimum atomic E-state index is -0.0903. The van der Waals surface area contributed by atoms with Crippen molar-refractivity contribution in [2.75, 3.05) is 40.4 Å². The van der Waals surface area contributed by atoms with Crippen LogP contribution in [0.25, 0.3) is 10.9 Å². The molecule has 2 aromatic rings. The van der Waals surface area contributed by atoms with Gasteiger partial charge in [-0.15, -0.1) is 0 Å². The lowest BCUT2D eigenvalue weighted by molar-refractivity contribution is -0.120. The fraction of sp³-hybridized carbons (Fsp3) is 0.444. The molecule has 0 unspecified atom stereocenters. The van der Waals surface area contributed by atoms with E-state index in [4.69, 9.17) is 4.74 Å². The van der Waals surface area contributed by atoms with E-state index in [-0.39, 0.29) is 12.5 Å². The molecule has 25 heavy (non-hydrogen) atoms.